The Hall–Kier alpha value is -0.460. The summed E-state index contributed by atoms with van der Waals surface area (Å²) in [4.78, 5) is 5.62. The first-order valence-corrected chi connectivity index (χ1v) is 10.5. The van der Waals surface area contributed by atoms with Gasteiger partial charge in [0.25, 0.3) is 0 Å². The molecular formula is C15H26N2O2S2. The molecule has 6 heteroatoms. The van der Waals surface area contributed by atoms with Crippen LogP contribution in [0.5, 0.6) is 0 Å². The molecule has 120 valence electrons. The Balaban J connectivity index is 2.16. The van der Waals surface area contributed by atoms with E-state index in [1.165, 1.54) is 11.1 Å². The predicted octanol–water partition coefficient (Wildman–Crippen LogP) is 3.10. The van der Waals surface area contributed by atoms with Gasteiger partial charge in [-0.15, -0.1) is 11.3 Å². The van der Waals surface area contributed by atoms with Crippen LogP contribution in [0.3, 0.4) is 0 Å². The Bertz CT molecular complexity index is 554. The van der Waals surface area contributed by atoms with Crippen LogP contribution in [-0.4, -0.2) is 31.5 Å². The monoisotopic (exact) mass is 330 g/mol. The number of nitrogens with zero attached hydrogens (tertiary/aromatic N) is 1. The summed E-state index contributed by atoms with van der Waals surface area (Å²) < 4.78 is 23.8. The van der Waals surface area contributed by atoms with Gasteiger partial charge in [0.05, 0.1) is 10.3 Å². The van der Waals surface area contributed by atoms with Crippen LogP contribution in [0.1, 0.15) is 55.0 Å². The molecule has 1 aromatic rings. The highest BCUT2D eigenvalue weighted by Gasteiger charge is 2.34. The van der Waals surface area contributed by atoms with E-state index in [-0.39, 0.29) is 11.3 Å². The van der Waals surface area contributed by atoms with E-state index in [4.69, 9.17) is 0 Å². The van der Waals surface area contributed by atoms with Gasteiger partial charge in [-0.05, 0) is 45.1 Å². The van der Waals surface area contributed by atoms with Crippen LogP contribution < -0.4 is 5.32 Å². The van der Waals surface area contributed by atoms with Gasteiger partial charge in [-0.25, -0.2) is 13.4 Å². The van der Waals surface area contributed by atoms with Gasteiger partial charge in [0, 0.05) is 23.4 Å². The maximum atomic E-state index is 11.9. The fourth-order valence-corrected chi connectivity index (χ4v) is 5.34. The van der Waals surface area contributed by atoms with E-state index < -0.39 is 9.84 Å². The Morgan fingerprint density at radius 1 is 1.48 bits per heavy atom. The summed E-state index contributed by atoms with van der Waals surface area (Å²) >= 11 is 1.73. The summed E-state index contributed by atoms with van der Waals surface area (Å²) in [5.41, 5.74) is 0. The Labute approximate surface area is 132 Å². The highest BCUT2D eigenvalue weighted by Crippen LogP contribution is 2.38. The largest absolute Gasteiger partial charge is 0.309 e. The minimum atomic E-state index is -2.93. The molecule has 1 aliphatic rings. The van der Waals surface area contributed by atoms with E-state index in [9.17, 15) is 8.42 Å². The van der Waals surface area contributed by atoms with Gasteiger partial charge in [0.2, 0.25) is 0 Å². The number of nitrogens with one attached hydrogen (secondary N) is 1. The van der Waals surface area contributed by atoms with Crippen LogP contribution in [0.2, 0.25) is 0 Å². The van der Waals surface area contributed by atoms with Crippen molar-refractivity contribution in [2.75, 3.05) is 12.8 Å². The van der Waals surface area contributed by atoms with Crippen molar-refractivity contribution in [3.63, 3.8) is 0 Å². The van der Waals surface area contributed by atoms with Gasteiger partial charge in [0.1, 0.15) is 9.84 Å². The number of thiazole rings is 1. The quantitative estimate of drug-likeness (QED) is 0.871. The van der Waals surface area contributed by atoms with Crippen molar-refractivity contribution < 1.29 is 8.42 Å². The molecule has 3 atom stereocenters. The minimum Gasteiger partial charge on any atom is -0.309 e. The molecular weight excluding hydrogens is 304 g/mol. The van der Waals surface area contributed by atoms with E-state index in [1.807, 2.05) is 13.1 Å². The maximum Gasteiger partial charge on any atom is 0.150 e. The van der Waals surface area contributed by atoms with Crippen molar-refractivity contribution in [2.45, 2.75) is 57.2 Å². The van der Waals surface area contributed by atoms with E-state index in [0.29, 0.717) is 5.92 Å². The number of aryl methyl sites for hydroxylation is 1. The summed E-state index contributed by atoms with van der Waals surface area (Å²) in [6.07, 6.45) is 8.11. The molecule has 1 heterocycles. The number of sulfone groups is 1. The zero-order valence-electron chi connectivity index (χ0n) is 13.1. The summed E-state index contributed by atoms with van der Waals surface area (Å²) in [5.74, 6) is 0.393. The third-order valence-electron chi connectivity index (χ3n) is 4.30. The van der Waals surface area contributed by atoms with E-state index >= 15 is 0 Å². The molecule has 1 aliphatic carbocycles. The van der Waals surface area contributed by atoms with Crippen LogP contribution in [0.25, 0.3) is 0 Å². The summed E-state index contributed by atoms with van der Waals surface area (Å²) in [5, 5.41) is 4.52. The normalized spacial score (nSPS) is 24.9. The van der Waals surface area contributed by atoms with E-state index in [1.54, 1.807) is 11.3 Å². The van der Waals surface area contributed by atoms with Gasteiger partial charge < -0.3 is 5.32 Å². The highest BCUT2D eigenvalue weighted by atomic mass is 32.2. The van der Waals surface area contributed by atoms with Crippen molar-refractivity contribution in [3.05, 3.63) is 16.1 Å². The van der Waals surface area contributed by atoms with Gasteiger partial charge in [0.15, 0.2) is 0 Å². The maximum absolute atomic E-state index is 11.9. The van der Waals surface area contributed by atoms with Gasteiger partial charge in [-0.3, -0.25) is 0 Å². The molecule has 1 N–H and O–H groups in total. The molecule has 3 unspecified atom stereocenters. The lowest BCUT2D eigenvalue weighted by molar-refractivity contribution is 0.275. The van der Waals surface area contributed by atoms with Crippen molar-refractivity contribution in [2.24, 2.45) is 5.92 Å². The summed E-state index contributed by atoms with van der Waals surface area (Å²) in [6, 6.07) is 0.251. The van der Waals surface area contributed by atoms with Gasteiger partial charge in [-0.1, -0.05) is 13.3 Å². The third-order valence-corrected chi connectivity index (χ3v) is 6.94. The number of hydrogen-bond acceptors (Lipinski definition) is 5. The summed E-state index contributed by atoms with van der Waals surface area (Å²) in [7, 11) is -2.93. The molecule has 0 radical (unpaired) electrons. The Kier molecular flexibility index (Phi) is 5.80. The number of hydrogen-bond donors (Lipinski definition) is 1. The van der Waals surface area contributed by atoms with Crippen LogP contribution in [0, 0.1) is 12.8 Å². The Morgan fingerprint density at radius 3 is 2.81 bits per heavy atom. The molecule has 1 aromatic heterocycles. The second-order valence-corrected chi connectivity index (χ2v) is 9.68. The molecule has 21 heavy (non-hydrogen) atoms. The van der Waals surface area contributed by atoms with Crippen LogP contribution in [0.4, 0.5) is 0 Å². The molecule has 1 saturated carbocycles. The van der Waals surface area contributed by atoms with Crippen molar-refractivity contribution in [1.29, 1.82) is 0 Å². The number of aromatic nitrogens is 1. The van der Waals surface area contributed by atoms with Crippen molar-refractivity contribution in [1.82, 2.24) is 10.3 Å². The fourth-order valence-electron chi connectivity index (χ4n) is 3.19. The van der Waals surface area contributed by atoms with Crippen LogP contribution >= 0.6 is 11.3 Å². The molecule has 0 aliphatic heterocycles. The van der Waals surface area contributed by atoms with E-state index in [0.717, 1.165) is 43.7 Å². The first-order chi connectivity index (χ1) is 9.91. The van der Waals surface area contributed by atoms with Crippen LogP contribution in [0.15, 0.2) is 6.20 Å². The predicted molar refractivity (Wildman–Crippen MR) is 88.5 cm³/mol. The van der Waals surface area contributed by atoms with Crippen molar-refractivity contribution >= 4 is 21.2 Å². The molecule has 0 amide bonds. The minimum absolute atomic E-state index is 0.170. The average molecular weight is 331 g/mol. The molecule has 0 spiro atoms. The molecule has 0 bridgehead atoms. The second-order valence-electron chi connectivity index (χ2n) is 6.09. The third kappa shape index (κ3) is 4.50. The zero-order valence-corrected chi connectivity index (χ0v) is 14.8. The lowest BCUT2D eigenvalue weighted by atomic mass is 9.83. The standard InChI is InChI=1S/C15H26N2O2S2/c1-4-8-16-15(14-10-17-11(2)20-14)12-6-5-7-13(9-12)21(3,18)19/h10,12-13,15-16H,4-9H2,1-3H3. The van der Waals surface area contributed by atoms with Crippen molar-refractivity contribution in [3.8, 4) is 0 Å². The topological polar surface area (TPSA) is 59.1 Å². The lowest BCUT2D eigenvalue weighted by Gasteiger charge is -2.34. The van der Waals surface area contributed by atoms with E-state index in [2.05, 4.69) is 17.2 Å². The fraction of sp³-hybridized carbons (Fsp3) is 0.800. The first kappa shape index (κ1) is 16.9. The number of rotatable bonds is 6. The second kappa shape index (κ2) is 7.20. The Morgan fingerprint density at radius 2 is 2.24 bits per heavy atom. The van der Waals surface area contributed by atoms with Crippen LogP contribution in [-0.2, 0) is 9.84 Å². The lowest BCUT2D eigenvalue weighted by Crippen LogP contribution is -2.35. The smallest absolute Gasteiger partial charge is 0.150 e. The highest BCUT2D eigenvalue weighted by molar-refractivity contribution is 7.91. The molecule has 0 saturated heterocycles. The molecule has 4 nitrogen and oxygen atoms in total. The van der Waals surface area contributed by atoms with Gasteiger partial charge >= 0.3 is 0 Å². The zero-order chi connectivity index (χ0) is 15.5. The first-order valence-electron chi connectivity index (χ1n) is 7.76. The summed E-state index contributed by atoms with van der Waals surface area (Å²) in [6.45, 7) is 5.13. The SMILES string of the molecule is CCCNC(c1cnc(C)s1)C1CCCC(S(C)(=O)=O)C1. The molecule has 0 aromatic carbocycles. The average Bonchev–Trinajstić information content (AvgIpc) is 2.85. The molecule has 2 rings (SSSR count). The van der Waals surface area contributed by atoms with Gasteiger partial charge in [-0.2, -0.15) is 0 Å². The molecule has 1 fully saturated rings.